The Bertz CT molecular complexity index is 498. The first kappa shape index (κ1) is 27.2. The largest absolute Gasteiger partial charge is 0.748 e. The number of hydrogen-bond acceptors (Lipinski definition) is 6. The lowest BCUT2D eigenvalue weighted by Crippen LogP contribution is -3.06. The van der Waals surface area contributed by atoms with E-state index < -0.39 is 16.1 Å². The number of nitrogens with one attached hydrogen (secondary N) is 1. The summed E-state index contributed by atoms with van der Waals surface area (Å²) in [6.45, 7) is 12.7. The maximum absolute atomic E-state index is 10.8. The number of carbonyl (C=O) groups is 2. The second kappa shape index (κ2) is 14.9. The van der Waals surface area contributed by atoms with E-state index in [0.29, 0.717) is 18.6 Å². The molecule has 9 heteroatoms. The van der Waals surface area contributed by atoms with E-state index in [1.807, 2.05) is 14.1 Å². The average Bonchev–Trinajstić information content (AvgIpc) is 2.37. The Kier molecular flexibility index (Phi) is 16.8. The van der Waals surface area contributed by atoms with Crippen molar-refractivity contribution >= 4 is 22.1 Å². The van der Waals surface area contributed by atoms with Crippen LogP contribution >= 0.6 is 0 Å². The van der Waals surface area contributed by atoms with Gasteiger partial charge in [0.15, 0.2) is 0 Å². The Hall–Kier alpha value is -1.71. The number of rotatable bonds is 7. The average molecular weight is 367 g/mol. The molecule has 0 aromatic carbocycles. The molecule has 0 aliphatic rings. The normalized spacial score (nSPS) is 9.79. The zero-order valence-corrected chi connectivity index (χ0v) is 15.9. The van der Waals surface area contributed by atoms with Gasteiger partial charge in [-0.05, 0) is 20.3 Å². The van der Waals surface area contributed by atoms with Crippen LogP contribution in [-0.2, 0) is 24.4 Å². The molecule has 0 radical (unpaired) electrons. The van der Waals surface area contributed by atoms with Crippen molar-refractivity contribution in [2.45, 2.75) is 27.2 Å². The smallest absolute Gasteiger partial charge is 0.333 e. The lowest BCUT2D eigenvalue weighted by molar-refractivity contribution is -0.858. The molecule has 0 bridgehead atoms. The molecule has 0 saturated carbocycles. The highest BCUT2D eigenvalue weighted by Crippen LogP contribution is 1.89. The first-order chi connectivity index (χ1) is 10.7. The van der Waals surface area contributed by atoms with E-state index >= 15 is 0 Å². The number of esters is 1. The molecule has 0 saturated heterocycles. The SMILES string of the molecule is C=C(C)C(=O)O.C=C(C)C(=O)OCC[NH+](C)C.CCCS(=O)(=O)[O-]. The topological polar surface area (TPSA) is 125 Å². The molecule has 0 aliphatic heterocycles. The number of carbonyl (C=O) groups excluding carboxylic acids is 1. The summed E-state index contributed by atoms with van der Waals surface area (Å²) in [6, 6.07) is 0. The Balaban J connectivity index is -0.000000294. The second-order valence-electron chi connectivity index (χ2n) is 5.22. The minimum absolute atomic E-state index is 0.176. The quantitative estimate of drug-likeness (QED) is 0.364. The molecular weight excluding hydrogens is 338 g/mol. The van der Waals surface area contributed by atoms with E-state index in [1.165, 1.54) is 11.8 Å². The van der Waals surface area contributed by atoms with Crippen molar-refractivity contribution in [3.05, 3.63) is 24.3 Å². The summed E-state index contributed by atoms with van der Waals surface area (Å²) in [5.74, 6) is -1.48. The third kappa shape index (κ3) is 28.5. The lowest BCUT2D eigenvalue weighted by atomic mass is 10.4. The molecule has 0 atom stereocenters. The molecule has 0 aromatic rings. The van der Waals surface area contributed by atoms with Crippen molar-refractivity contribution in [2.24, 2.45) is 0 Å². The molecule has 0 unspecified atom stereocenters. The Morgan fingerprint density at radius 2 is 1.58 bits per heavy atom. The van der Waals surface area contributed by atoms with Gasteiger partial charge in [-0.25, -0.2) is 18.0 Å². The number of carboxylic acid groups (broad SMARTS) is 1. The first-order valence-corrected chi connectivity index (χ1v) is 8.76. The lowest BCUT2D eigenvalue weighted by Gasteiger charge is -2.07. The molecule has 0 heterocycles. The van der Waals surface area contributed by atoms with Gasteiger partial charge in [-0.1, -0.05) is 20.1 Å². The summed E-state index contributed by atoms with van der Waals surface area (Å²) < 4.78 is 33.9. The number of hydrogen-bond donors (Lipinski definition) is 2. The van der Waals surface area contributed by atoms with E-state index in [4.69, 9.17) is 9.84 Å². The van der Waals surface area contributed by atoms with Crippen LogP contribution in [0.25, 0.3) is 0 Å². The van der Waals surface area contributed by atoms with E-state index in [1.54, 1.807) is 13.8 Å². The van der Waals surface area contributed by atoms with Crippen LogP contribution in [0.3, 0.4) is 0 Å². The third-order valence-electron chi connectivity index (χ3n) is 2.00. The molecule has 0 spiro atoms. The van der Waals surface area contributed by atoms with Gasteiger partial charge in [0, 0.05) is 16.9 Å². The predicted octanol–water partition coefficient (Wildman–Crippen LogP) is -0.161. The number of aliphatic carboxylic acids is 1. The van der Waals surface area contributed by atoms with E-state index in [0.717, 1.165) is 6.54 Å². The highest BCUT2D eigenvalue weighted by Gasteiger charge is 2.02. The van der Waals surface area contributed by atoms with Gasteiger partial charge in [0.2, 0.25) is 0 Å². The molecule has 0 aromatic heterocycles. The van der Waals surface area contributed by atoms with Crippen molar-refractivity contribution in [1.82, 2.24) is 0 Å². The fourth-order valence-corrected chi connectivity index (χ4v) is 1.22. The molecule has 2 N–H and O–H groups in total. The zero-order chi connectivity index (χ0) is 19.9. The van der Waals surface area contributed by atoms with Crippen LogP contribution in [-0.4, -0.2) is 63.0 Å². The van der Waals surface area contributed by atoms with Gasteiger partial charge in [-0.2, -0.15) is 0 Å². The molecular formula is C15H29NO7S. The Morgan fingerprint density at radius 3 is 1.75 bits per heavy atom. The van der Waals surface area contributed by atoms with Crippen LogP contribution in [0, 0.1) is 0 Å². The molecule has 142 valence electrons. The van der Waals surface area contributed by atoms with Crippen LogP contribution in [0.15, 0.2) is 24.3 Å². The minimum atomic E-state index is -3.92. The molecule has 24 heavy (non-hydrogen) atoms. The maximum atomic E-state index is 10.8. The van der Waals surface area contributed by atoms with Crippen LogP contribution < -0.4 is 4.90 Å². The highest BCUT2D eigenvalue weighted by atomic mass is 32.2. The van der Waals surface area contributed by atoms with Gasteiger partial charge in [0.05, 0.1) is 24.2 Å². The van der Waals surface area contributed by atoms with Gasteiger partial charge in [0.25, 0.3) is 0 Å². The van der Waals surface area contributed by atoms with Crippen LogP contribution in [0.1, 0.15) is 27.2 Å². The maximum Gasteiger partial charge on any atom is 0.333 e. The number of carboxylic acids is 1. The first-order valence-electron chi connectivity index (χ1n) is 7.18. The zero-order valence-electron chi connectivity index (χ0n) is 15.0. The fourth-order valence-electron chi connectivity index (χ4n) is 0.721. The van der Waals surface area contributed by atoms with Crippen molar-refractivity contribution in [3.8, 4) is 0 Å². The summed E-state index contributed by atoms with van der Waals surface area (Å²) in [5.41, 5.74) is 0.633. The predicted molar refractivity (Wildman–Crippen MR) is 90.8 cm³/mol. The van der Waals surface area contributed by atoms with Gasteiger partial charge in [-0.3, -0.25) is 0 Å². The molecule has 0 aliphatic carbocycles. The van der Waals surface area contributed by atoms with Crippen LogP contribution in [0.4, 0.5) is 0 Å². The van der Waals surface area contributed by atoms with Gasteiger partial charge in [0.1, 0.15) is 13.2 Å². The van der Waals surface area contributed by atoms with Crippen molar-refractivity contribution < 1.29 is 37.3 Å². The minimum Gasteiger partial charge on any atom is -0.748 e. The molecule has 8 nitrogen and oxygen atoms in total. The van der Waals surface area contributed by atoms with E-state index in [2.05, 4.69) is 13.2 Å². The third-order valence-corrected chi connectivity index (χ3v) is 2.91. The number of quaternary nitrogens is 1. The van der Waals surface area contributed by atoms with Crippen molar-refractivity contribution in [3.63, 3.8) is 0 Å². The summed E-state index contributed by atoms with van der Waals surface area (Å²) in [7, 11) is 0.0929. The molecule has 0 rings (SSSR count). The van der Waals surface area contributed by atoms with E-state index in [-0.39, 0.29) is 17.3 Å². The van der Waals surface area contributed by atoms with Crippen molar-refractivity contribution in [2.75, 3.05) is 33.0 Å². The molecule has 0 fully saturated rings. The summed E-state index contributed by atoms with van der Waals surface area (Å²) in [5, 5.41) is 7.89. The highest BCUT2D eigenvalue weighted by molar-refractivity contribution is 7.85. The standard InChI is InChI=1S/C8H15NO2.C4H6O2.C3H8O3S/c1-7(2)8(10)11-6-5-9(3)4;1-3(2)4(5)6;1-2-3-7(4,5)6/h1,5-6H2,2-4H3;1H2,2H3,(H,5,6);2-3H2,1H3,(H,4,5,6). The fraction of sp³-hybridized carbons (Fsp3) is 0.600. The summed E-state index contributed by atoms with van der Waals surface area (Å²) >= 11 is 0. The number of ether oxygens (including phenoxy) is 1. The van der Waals surface area contributed by atoms with Gasteiger partial charge < -0.3 is 19.3 Å². The Morgan fingerprint density at radius 1 is 1.17 bits per heavy atom. The number of likely N-dealkylation sites (N-methyl/N-ethyl adjacent to an activating group) is 1. The van der Waals surface area contributed by atoms with Gasteiger partial charge in [-0.15, -0.1) is 0 Å². The van der Waals surface area contributed by atoms with Crippen LogP contribution in [0.5, 0.6) is 0 Å². The second-order valence-corrected chi connectivity index (χ2v) is 6.74. The monoisotopic (exact) mass is 367 g/mol. The summed E-state index contributed by atoms with van der Waals surface area (Å²) in [6.07, 6.45) is 0.409. The summed E-state index contributed by atoms with van der Waals surface area (Å²) in [4.78, 5) is 21.7. The van der Waals surface area contributed by atoms with Crippen molar-refractivity contribution in [1.29, 1.82) is 0 Å². The Labute approximate surface area is 144 Å². The van der Waals surface area contributed by atoms with E-state index in [9.17, 15) is 22.6 Å². The molecule has 0 amide bonds. The van der Waals surface area contributed by atoms with Crippen LogP contribution in [0.2, 0.25) is 0 Å². The van der Waals surface area contributed by atoms with Gasteiger partial charge >= 0.3 is 11.9 Å².